The van der Waals surface area contributed by atoms with Crippen molar-refractivity contribution in [2.45, 2.75) is 31.4 Å². The Balaban J connectivity index is 2.40. The second kappa shape index (κ2) is 7.68. The van der Waals surface area contributed by atoms with Crippen molar-refractivity contribution in [2.75, 3.05) is 0 Å². The monoisotopic (exact) mass is 367 g/mol. The minimum atomic E-state index is -4.06. The Bertz CT molecular complexity index is 789. The van der Waals surface area contributed by atoms with Crippen molar-refractivity contribution in [3.8, 4) is 0 Å². The Kier molecular flexibility index (Phi) is 5.85. The van der Waals surface area contributed by atoms with E-state index in [4.69, 9.17) is 16.3 Å². The van der Waals surface area contributed by atoms with Crippen LogP contribution < -0.4 is 0 Å². The molecular weight excluding hydrogens is 350 g/mol. The first-order chi connectivity index (χ1) is 11.3. The molecule has 24 heavy (non-hydrogen) atoms. The van der Waals surface area contributed by atoms with Gasteiger partial charge < -0.3 is 4.74 Å². The number of sulfonamides is 1. The van der Waals surface area contributed by atoms with Crippen LogP contribution in [0.5, 0.6) is 0 Å². The molecule has 0 N–H and O–H groups in total. The van der Waals surface area contributed by atoms with Crippen molar-refractivity contribution in [2.24, 2.45) is 0 Å². The summed E-state index contributed by atoms with van der Waals surface area (Å²) >= 11 is 5.80. The van der Waals surface area contributed by atoms with Crippen molar-refractivity contribution in [3.63, 3.8) is 0 Å². The van der Waals surface area contributed by atoms with Crippen LogP contribution in [0.25, 0.3) is 0 Å². The molecular formula is C17H18ClNO4S. The molecule has 0 atom stereocenters. The number of carbonyl (C=O) groups excluding carboxylic acids is 1. The van der Waals surface area contributed by atoms with Gasteiger partial charge in [-0.2, -0.15) is 4.31 Å². The van der Waals surface area contributed by atoms with Crippen molar-refractivity contribution in [3.05, 3.63) is 65.2 Å². The largest absolute Gasteiger partial charge is 0.446 e. The van der Waals surface area contributed by atoms with Crippen LogP contribution in [0.15, 0.2) is 59.5 Å². The summed E-state index contributed by atoms with van der Waals surface area (Å²) in [7, 11) is -4.06. The summed E-state index contributed by atoms with van der Waals surface area (Å²) in [5.74, 6) is 0. The molecule has 7 heteroatoms. The number of rotatable bonds is 5. The van der Waals surface area contributed by atoms with Crippen molar-refractivity contribution >= 4 is 27.7 Å². The van der Waals surface area contributed by atoms with Gasteiger partial charge in [0.25, 0.3) is 10.0 Å². The van der Waals surface area contributed by atoms with E-state index in [1.54, 1.807) is 38.1 Å². The minimum Gasteiger partial charge on any atom is -0.446 e. The van der Waals surface area contributed by atoms with Gasteiger partial charge in [-0.15, -0.1) is 0 Å². The number of amides is 1. The van der Waals surface area contributed by atoms with Crippen LogP contribution in [-0.2, 0) is 21.3 Å². The molecule has 0 aliphatic rings. The molecule has 0 aliphatic heterocycles. The highest BCUT2D eigenvalue weighted by Crippen LogP contribution is 2.21. The summed E-state index contributed by atoms with van der Waals surface area (Å²) in [6.07, 6.45) is -1.35. The number of benzene rings is 2. The highest BCUT2D eigenvalue weighted by atomic mass is 35.5. The summed E-state index contributed by atoms with van der Waals surface area (Å²) < 4.78 is 31.5. The molecule has 2 aromatic carbocycles. The number of ether oxygens (including phenoxy) is 1. The SMILES string of the molecule is CC(C)OC(=O)N(Cc1ccccc1)S(=O)(=O)c1ccc(Cl)cc1. The maximum atomic E-state index is 12.9. The van der Waals surface area contributed by atoms with Gasteiger partial charge >= 0.3 is 6.09 Å². The standard InChI is InChI=1S/C17H18ClNO4S/c1-13(2)23-17(20)19(12-14-6-4-3-5-7-14)24(21,22)16-10-8-15(18)9-11-16/h3-11,13H,12H2,1-2H3. The fourth-order valence-electron chi connectivity index (χ4n) is 1.99. The summed E-state index contributed by atoms with van der Waals surface area (Å²) in [5.41, 5.74) is 0.677. The average molecular weight is 368 g/mol. The smallest absolute Gasteiger partial charge is 0.424 e. The maximum Gasteiger partial charge on any atom is 0.424 e. The number of carbonyl (C=O) groups is 1. The summed E-state index contributed by atoms with van der Waals surface area (Å²) in [6, 6.07) is 14.5. The van der Waals surface area contributed by atoms with Gasteiger partial charge in [-0.05, 0) is 43.7 Å². The third kappa shape index (κ3) is 4.49. The van der Waals surface area contributed by atoms with E-state index < -0.39 is 22.2 Å². The van der Waals surface area contributed by atoms with Crippen LogP contribution in [0.4, 0.5) is 4.79 Å². The lowest BCUT2D eigenvalue weighted by atomic mass is 10.2. The van der Waals surface area contributed by atoms with E-state index in [1.165, 1.54) is 24.3 Å². The second-order valence-electron chi connectivity index (χ2n) is 5.38. The molecule has 128 valence electrons. The third-order valence-electron chi connectivity index (χ3n) is 3.11. The Labute approximate surface area is 146 Å². The minimum absolute atomic E-state index is 0.0245. The van der Waals surface area contributed by atoms with Crippen molar-refractivity contribution < 1.29 is 17.9 Å². The first-order valence-electron chi connectivity index (χ1n) is 7.33. The van der Waals surface area contributed by atoms with Crippen LogP contribution in [0.2, 0.25) is 5.02 Å². The van der Waals surface area contributed by atoms with Gasteiger partial charge in [-0.3, -0.25) is 0 Å². The first kappa shape index (κ1) is 18.3. The molecule has 5 nitrogen and oxygen atoms in total. The van der Waals surface area contributed by atoms with Crippen molar-refractivity contribution in [1.29, 1.82) is 0 Å². The molecule has 0 aliphatic carbocycles. The number of hydrogen-bond acceptors (Lipinski definition) is 4. The van der Waals surface area contributed by atoms with Gasteiger partial charge in [-0.25, -0.2) is 13.2 Å². The Morgan fingerprint density at radius 2 is 1.67 bits per heavy atom. The van der Waals surface area contributed by atoms with Crippen LogP contribution in [0.3, 0.4) is 0 Å². The fourth-order valence-corrected chi connectivity index (χ4v) is 3.41. The lowest BCUT2D eigenvalue weighted by molar-refractivity contribution is 0.0955. The van der Waals surface area contributed by atoms with Crippen LogP contribution in [0.1, 0.15) is 19.4 Å². The van der Waals surface area contributed by atoms with E-state index in [2.05, 4.69) is 0 Å². The molecule has 2 aromatic rings. The number of halogens is 1. The predicted molar refractivity (Wildman–Crippen MR) is 92.2 cm³/mol. The van der Waals surface area contributed by atoms with E-state index in [1.807, 2.05) is 6.07 Å². The van der Waals surface area contributed by atoms with Crippen molar-refractivity contribution in [1.82, 2.24) is 4.31 Å². The van der Waals surface area contributed by atoms with E-state index in [0.29, 0.717) is 10.6 Å². The number of hydrogen-bond donors (Lipinski definition) is 0. The predicted octanol–water partition coefficient (Wildman–Crippen LogP) is 4.08. The summed E-state index contributed by atoms with van der Waals surface area (Å²) in [5, 5.41) is 0.410. The molecule has 1 amide bonds. The van der Waals surface area contributed by atoms with Gasteiger partial charge in [0.15, 0.2) is 0 Å². The van der Waals surface area contributed by atoms with Gasteiger partial charge in [0, 0.05) is 5.02 Å². The van der Waals surface area contributed by atoms with E-state index >= 15 is 0 Å². The number of nitrogens with zero attached hydrogens (tertiary/aromatic N) is 1. The summed E-state index contributed by atoms with van der Waals surface area (Å²) in [4.78, 5) is 12.3. The molecule has 0 heterocycles. The zero-order valence-corrected chi connectivity index (χ0v) is 14.9. The normalized spacial score (nSPS) is 11.3. The van der Waals surface area contributed by atoms with E-state index in [0.717, 1.165) is 4.31 Å². The van der Waals surface area contributed by atoms with E-state index in [-0.39, 0.29) is 11.4 Å². The lowest BCUT2D eigenvalue weighted by Gasteiger charge is -2.23. The third-order valence-corrected chi connectivity index (χ3v) is 5.09. The fraction of sp³-hybridized carbons (Fsp3) is 0.235. The zero-order chi connectivity index (χ0) is 17.7. The molecule has 0 spiro atoms. The molecule has 0 radical (unpaired) electrons. The molecule has 0 bridgehead atoms. The van der Waals surface area contributed by atoms with E-state index in [9.17, 15) is 13.2 Å². The van der Waals surface area contributed by atoms with Crippen LogP contribution >= 0.6 is 11.6 Å². The van der Waals surface area contributed by atoms with Gasteiger partial charge in [0.05, 0.1) is 17.5 Å². The molecule has 0 saturated heterocycles. The van der Waals surface area contributed by atoms with Crippen LogP contribution in [0, 0.1) is 0 Å². The first-order valence-corrected chi connectivity index (χ1v) is 9.15. The van der Waals surface area contributed by atoms with Gasteiger partial charge in [0.1, 0.15) is 0 Å². The highest BCUT2D eigenvalue weighted by Gasteiger charge is 2.31. The molecule has 0 fully saturated rings. The second-order valence-corrected chi connectivity index (χ2v) is 7.68. The van der Waals surface area contributed by atoms with Gasteiger partial charge in [-0.1, -0.05) is 41.9 Å². The van der Waals surface area contributed by atoms with Gasteiger partial charge in [0.2, 0.25) is 0 Å². The highest BCUT2D eigenvalue weighted by molar-refractivity contribution is 7.89. The summed E-state index contributed by atoms with van der Waals surface area (Å²) in [6.45, 7) is 3.21. The molecule has 0 saturated carbocycles. The Hall–Kier alpha value is -2.05. The maximum absolute atomic E-state index is 12.9. The molecule has 0 aromatic heterocycles. The molecule has 0 unspecified atom stereocenters. The Morgan fingerprint density at radius 3 is 2.21 bits per heavy atom. The molecule has 2 rings (SSSR count). The quantitative estimate of drug-likeness (QED) is 0.798. The van der Waals surface area contributed by atoms with Crippen LogP contribution in [-0.4, -0.2) is 24.9 Å². The topological polar surface area (TPSA) is 63.7 Å². The zero-order valence-electron chi connectivity index (χ0n) is 13.3. The average Bonchev–Trinajstić information content (AvgIpc) is 2.53. The lowest BCUT2D eigenvalue weighted by Crippen LogP contribution is -2.38. The Morgan fingerprint density at radius 1 is 1.08 bits per heavy atom.